The molecule has 198 valence electrons. The first-order valence-electron chi connectivity index (χ1n) is 13.1. The van der Waals surface area contributed by atoms with Crippen LogP contribution in [0.1, 0.15) is 85.6 Å². The number of hydrogen-bond donors (Lipinski definition) is 1. The van der Waals surface area contributed by atoms with E-state index in [1.54, 1.807) is 6.20 Å². The molecule has 36 heavy (non-hydrogen) atoms. The standard InChI is InChI=1S/C29H43N3O4/c1-9-22-24(26(27(33)34)36-28(4,5)6)25(32-14-12-29(7,8)13-15-32)21(17-31-22)23-11-10-20(16-30-23)35-18-19(2)3/h10-11,16-17,19,26H,9,12-15,18H2,1-8H3,(H,33,34). The Morgan fingerprint density at radius 1 is 1.14 bits per heavy atom. The highest BCUT2D eigenvalue weighted by Crippen LogP contribution is 2.43. The van der Waals surface area contributed by atoms with Gasteiger partial charge in [0.25, 0.3) is 0 Å². The lowest BCUT2D eigenvalue weighted by molar-refractivity contribution is -0.160. The molecule has 1 atom stereocenters. The van der Waals surface area contributed by atoms with Crippen LogP contribution in [0.15, 0.2) is 24.5 Å². The van der Waals surface area contributed by atoms with E-state index in [-0.39, 0.29) is 5.41 Å². The number of piperidine rings is 1. The minimum Gasteiger partial charge on any atom is -0.492 e. The van der Waals surface area contributed by atoms with E-state index in [2.05, 4.69) is 32.6 Å². The van der Waals surface area contributed by atoms with E-state index in [9.17, 15) is 9.90 Å². The number of hydrogen-bond acceptors (Lipinski definition) is 6. The molecule has 1 fully saturated rings. The van der Waals surface area contributed by atoms with Crippen LogP contribution in [0.3, 0.4) is 0 Å². The number of aryl methyl sites for hydroxylation is 1. The molecule has 0 aliphatic carbocycles. The number of pyridine rings is 2. The predicted octanol–water partition coefficient (Wildman–Crippen LogP) is 6.31. The number of anilines is 1. The zero-order chi connectivity index (χ0) is 26.7. The van der Waals surface area contributed by atoms with Crippen molar-refractivity contribution in [3.8, 4) is 17.0 Å². The van der Waals surface area contributed by atoms with Gasteiger partial charge in [-0.2, -0.15) is 0 Å². The average molecular weight is 498 g/mol. The van der Waals surface area contributed by atoms with Crippen molar-refractivity contribution in [3.05, 3.63) is 35.8 Å². The molecule has 1 saturated heterocycles. The van der Waals surface area contributed by atoms with E-state index in [4.69, 9.17) is 19.4 Å². The molecule has 1 unspecified atom stereocenters. The SMILES string of the molecule is CCc1ncc(-c2ccc(OCC(C)C)cn2)c(N2CCC(C)(C)CC2)c1C(OC(C)(C)C)C(=O)O. The molecule has 0 saturated carbocycles. The first-order chi connectivity index (χ1) is 16.8. The average Bonchev–Trinajstić information content (AvgIpc) is 2.80. The lowest BCUT2D eigenvalue weighted by Crippen LogP contribution is -2.39. The Labute approximate surface area is 216 Å². The zero-order valence-electron chi connectivity index (χ0n) is 23.2. The van der Waals surface area contributed by atoms with E-state index in [0.717, 1.165) is 48.6 Å². The van der Waals surface area contributed by atoms with Gasteiger partial charge in [-0.15, -0.1) is 0 Å². The largest absolute Gasteiger partial charge is 0.492 e. The molecular weight excluding hydrogens is 454 g/mol. The summed E-state index contributed by atoms with van der Waals surface area (Å²) in [6, 6.07) is 3.85. The fourth-order valence-corrected chi connectivity index (χ4v) is 4.45. The van der Waals surface area contributed by atoms with Gasteiger partial charge in [-0.3, -0.25) is 9.97 Å². The second-order valence-electron chi connectivity index (χ2n) is 11.9. The van der Waals surface area contributed by atoms with Gasteiger partial charge in [0.2, 0.25) is 0 Å². The van der Waals surface area contributed by atoms with Crippen molar-refractivity contribution in [3.63, 3.8) is 0 Å². The van der Waals surface area contributed by atoms with E-state index in [0.29, 0.717) is 30.3 Å². The number of carboxylic acid groups (broad SMARTS) is 1. The number of ether oxygens (including phenoxy) is 2. The molecule has 0 bridgehead atoms. The Kier molecular flexibility index (Phi) is 8.65. The molecule has 2 aromatic heterocycles. The van der Waals surface area contributed by atoms with Gasteiger partial charge < -0.3 is 19.5 Å². The minimum absolute atomic E-state index is 0.249. The Morgan fingerprint density at radius 3 is 2.31 bits per heavy atom. The van der Waals surface area contributed by atoms with E-state index in [1.807, 2.05) is 46.0 Å². The van der Waals surface area contributed by atoms with Crippen LogP contribution in [0.25, 0.3) is 11.3 Å². The molecule has 2 aromatic rings. The molecule has 0 radical (unpaired) electrons. The van der Waals surface area contributed by atoms with Crippen LogP contribution in [-0.4, -0.2) is 46.3 Å². The molecule has 3 rings (SSSR count). The van der Waals surface area contributed by atoms with Crippen LogP contribution in [0, 0.1) is 11.3 Å². The molecular formula is C29H43N3O4. The summed E-state index contributed by atoms with van der Waals surface area (Å²) >= 11 is 0. The molecule has 0 spiro atoms. The third kappa shape index (κ3) is 6.96. The Morgan fingerprint density at radius 2 is 1.81 bits per heavy atom. The summed E-state index contributed by atoms with van der Waals surface area (Å²) in [6.45, 7) is 18.7. The molecule has 1 aliphatic heterocycles. The maximum atomic E-state index is 12.6. The van der Waals surface area contributed by atoms with E-state index < -0.39 is 17.7 Å². The third-order valence-corrected chi connectivity index (χ3v) is 6.49. The van der Waals surface area contributed by atoms with Gasteiger partial charge in [0.15, 0.2) is 6.10 Å². The summed E-state index contributed by atoms with van der Waals surface area (Å²) in [6.07, 6.45) is 5.07. The molecule has 1 aliphatic rings. The molecule has 1 N–H and O–H groups in total. The van der Waals surface area contributed by atoms with Gasteiger partial charge in [0.05, 0.1) is 29.8 Å². The van der Waals surface area contributed by atoms with Gasteiger partial charge >= 0.3 is 5.97 Å². The van der Waals surface area contributed by atoms with Crippen LogP contribution in [0.4, 0.5) is 5.69 Å². The Bertz CT molecular complexity index is 1030. The summed E-state index contributed by atoms with van der Waals surface area (Å²) < 4.78 is 12.0. The number of nitrogens with zero attached hydrogens (tertiary/aromatic N) is 3. The fraction of sp³-hybridized carbons (Fsp3) is 0.621. The summed E-state index contributed by atoms with van der Waals surface area (Å²) in [5.41, 5.74) is 3.42. The number of carboxylic acids is 1. The van der Waals surface area contributed by atoms with Gasteiger partial charge in [-0.25, -0.2) is 4.79 Å². The monoisotopic (exact) mass is 497 g/mol. The van der Waals surface area contributed by atoms with Gasteiger partial charge in [0.1, 0.15) is 5.75 Å². The highest BCUT2D eigenvalue weighted by atomic mass is 16.5. The van der Waals surface area contributed by atoms with Crippen LogP contribution < -0.4 is 9.64 Å². The molecule has 3 heterocycles. The highest BCUT2D eigenvalue weighted by molar-refractivity contribution is 5.85. The first-order valence-corrected chi connectivity index (χ1v) is 13.1. The minimum atomic E-state index is -1.13. The topological polar surface area (TPSA) is 84.8 Å². The van der Waals surface area contributed by atoms with Crippen molar-refractivity contribution in [2.45, 2.75) is 86.4 Å². The maximum absolute atomic E-state index is 12.6. The lowest BCUT2D eigenvalue weighted by Gasteiger charge is -2.41. The first kappa shape index (κ1) is 27.9. The smallest absolute Gasteiger partial charge is 0.337 e. The van der Waals surface area contributed by atoms with Crippen molar-refractivity contribution in [1.29, 1.82) is 0 Å². The van der Waals surface area contributed by atoms with E-state index in [1.165, 1.54) is 0 Å². The summed E-state index contributed by atoms with van der Waals surface area (Å²) in [5, 5.41) is 10.3. The lowest BCUT2D eigenvalue weighted by atomic mass is 9.82. The fourth-order valence-electron chi connectivity index (χ4n) is 4.45. The van der Waals surface area contributed by atoms with E-state index >= 15 is 0 Å². The van der Waals surface area contributed by atoms with Crippen molar-refractivity contribution in [2.75, 3.05) is 24.6 Å². The second kappa shape index (κ2) is 11.2. The third-order valence-electron chi connectivity index (χ3n) is 6.49. The summed E-state index contributed by atoms with van der Waals surface area (Å²) in [4.78, 5) is 24.3. The quantitative estimate of drug-likeness (QED) is 0.435. The maximum Gasteiger partial charge on any atom is 0.337 e. The highest BCUT2D eigenvalue weighted by Gasteiger charge is 2.36. The van der Waals surface area contributed by atoms with Crippen LogP contribution >= 0.6 is 0 Å². The van der Waals surface area contributed by atoms with Crippen molar-refractivity contribution in [1.82, 2.24) is 9.97 Å². The van der Waals surface area contributed by atoms with Crippen LogP contribution in [0.2, 0.25) is 0 Å². The van der Waals surface area contributed by atoms with Gasteiger partial charge in [0, 0.05) is 36.1 Å². The second-order valence-corrected chi connectivity index (χ2v) is 11.9. The molecule has 7 heteroatoms. The van der Waals surface area contributed by atoms with Crippen molar-refractivity contribution >= 4 is 11.7 Å². The molecule has 7 nitrogen and oxygen atoms in total. The Hall–Kier alpha value is -2.67. The Balaban J connectivity index is 2.17. The number of carbonyl (C=O) groups is 1. The van der Waals surface area contributed by atoms with Gasteiger partial charge in [-0.1, -0.05) is 34.6 Å². The number of rotatable bonds is 9. The molecule has 0 amide bonds. The van der Waals surface area contributed by atoms with Crippen molar-refractivity contribution in [2.24, 2.45) is 11.3 Å². The number of aliphatic carboxylic acids is 1. The number of aromatic nitrogens is 2. The predicted molar refractivity (Wildman–Crippen MR) is 144 cm³/mol. The van der Waals surface area contributed by atoms with Crippen LogP contribution in [0.5, 0.6) is 5.75 Å². The normalized spacial score (nSPS) is 16.8. The van der Waals surface area contributed by atoms with Gasteiger partial charge in [-0.05, 0) is 63.5 Å². The summed E-state index contributed by atoms with van der Waals surface area (Å²) in [7, 11) is 0. The summed E-state index contributed by atoms with van der Waals surface area (Å²) in [5.74, 6) is 0.123. The van der Waals surface area contributed by atoms with Crippen LogP contribution in [-0.2, 0) is 16.0 Å². The van der Waals surface area contributed by atoms with Crippen molar-refractivity contribution < 1.29 is 19.4 Å². The zero-order valence-corrected chi connectivity index (χ0v) is 23.2. The molecule has 0 aromatic carbocycles.